The molecule has 0 spiro atoms. The summed E-state index contributed by atoms with van der Waals surface area (Å²) in [6.45, 7) is 0.497. The quantitative estimate of drug-likeness (QED) is 0.0850. The highest BCUT2D eigenvalue weighted by molar-refractivity contribution is 7.98. The number of nitrogens with zero attached hydrogens (tertiary/aromatic N) is 1. The number of aliphatic carboxylic acids is 1. The van der Waals surface area contributed by atoms with E-state index in [2.05, 4.69) is 4.98 Å². The van der Waals surface area contributed by atoms with E-state index in [0.717, 1.165) is 79.3 Å². The van der Waals surface area contributed by atoms with E-state index in [9.17, 15) is 18.0 Å². The second kappa shape index (κ2) is 15.2. The number of halogens is 3. The van der Waals surface area contributed by atoms with Gasteiger partial charge in [0.05, 0.1) is 17.2 Å². The maximum Gasteiger partial charge on any atom is 0.416 e. The van der Waals surface area contributed by atoms with Crippen LogP contribution in [0, 0.1) is 0 Å². The number of nitrogen functional groups attached to an aromatic ring is 1. The topological polar surface area (TPSA) is 85.4 Å². The number of benzene rings is 2. The Bertz CT molecular complexity index is 1230. The number of anilines is 1. The maximum absolute atomic E-state index is 12.6. The van der Waals surface area contributed by atoms with E-state index >= 15 is 0 Å². The number of hydrogen-bond donors (Lipinski definition) is 2. The van der Waals surface area contributed by atoms with Gasteiger partial charge in [0, 0.05) is 17.5 Å². The first-order valence-corrected chi connectivity index (χ1v) is 13.9. The molecule has 5 nitrogen and oxygen atoms in total. The zero-order chi connectivity index (χ0) is 28.1. The highest BCUT2D eigenvalue weighted by Crippen LogP contribution is 2.29. The molecule has 0 unspecified atom stereocenters. The van der Waals surface area contributed by atoms with Crippen molar-refractivity contribution in [3.63, 3.8) is 0 Å². The molecule has 0 amide bonds. The molecule has 0 aliphatic carbocycles. The molecule has 0 aliphatic heterocycles. The lowest BCUT2D eigenvalue weighted by molar-refractivity contribution is -0.137. The summed E-state index contributed by atoms with van der Waals surface area (Å²) >= 11 is 1.53. The normalized spacial score (nSPS) is 11.7. The van der Waals surface area contributed by atoms with Crippen molar-refractivity contribution < 1.29 is 27.8 Å². The fourth-order valence-corrected chi connectivity index (χ4v) is 4.76. The number of unbranched alkanes of at least 4 members (excludes halogenated alkanes) is 5. The predicted octanol–water partition coefficient (Wildman–Crippen LogP) is 8.03. The molecule has 0 bridgehead atoms. The maximum atomic E-state index is 12.6. The lowest BCUT2D eigenvalue weighted by Crippen LogP contribution is -2.04. The van der Waals surface area contributed by atoms with Crippen molar-refractivity contribution >= 4 is 29.5 Å². The average Bonchev–Trinajstić information content (AvgIpc) is 2.90. The summed E-state index contributed by atoms with van der Waals surface area (Å²) in [7, 11) is 0. The van der Waals surface area contributed by atoms with Crippen LogP contribution in [0.2, 0.25) is 0 Å². The Hall–Kier alpha value is -3.46. The Morgan fingerprint density at radius 3 is 2.36 bits per heavy atom. The molecule has 0 aliphatic rings. The minimum absolute atomic E-state index is 0.471. The molecule has 208 valence electrons. The first kappa shape index (κ1) is 30.1. The number of aryl methyl sites for hydroxylation is 1. The van der Waals surface area contributed by atoms with Crippen LogP contribution in [0.25, 0.3) is 6.08 Å². The largest absolute Gasteiger partial charge is 0.491 e. The number of alkyl halides is 3. The van der Waals surface area contributed by atoms with Crippen molar-refractivity contribution in [3.05, 3.63) is 89.1 Å². The Kier molecular flexibility index (Phi) is 11.7. The van der Waals surface area contributed by atoms with Crippen molar-refractivity contribution in [1.82, 2.24) is 4.98 Å². The molecule has 0 radical (unpaired) electrons. The number of nitrogens with two attached hydrogens (primary N) is 1. The molecule has 2 aromatic carbocycles. The van der Waals surface area contributed by atoms with Crippen LogP contribution in [0.5, 0.6) is 5.75 Å². The van der Waals surface area contributed by atoms with Gasteiger partial charge < -0.3 is 15.6 Å². The lowest BCUT2D eigenvalue weighted by atomic mass is 10.0. The van der Waals surface area contributed by atoms with Gasteiger partial charge in [0.25, 0.3) is 0 Å². The van der Waals surface area contributed by atoms with Crippen LogP contribution >= 0.6 is 11.8 Å². The van der Waals surface area contributed by atoms with Crippen molar-refractivity contribution in [2.45, 2.75) is 61.9 Å². The zero-order valence-corrected chi connectivity index (χ0v) is 22.4. The number of ether oxygens (including phenoxy) is 1. The third-order valence-electron chi connectivity index (χ3n) is 5.98. The molecule has 9 heteroatoms. The van der Waals surface area contributed by atoms with Crippen molar-refractivity contribution in [2.24, 2.45) is 0 Å². The molecule has 39 heavy (non-hydrogen) atoms. The number of carboxylic acids is 1. The Morgan fingerprint density at radius 2 is 1.67 bits per heavy atom. The molecular weight excluding hydrogens is 525 g/mol. The van der Waals surface area contributed by atoms with E-state index in [-0.39, 0.29) is 0 Å². The van der Waals surface area contributed by atoms with E-state index in [1.165, 1.54) is 17.8 Å². The third kappa shape index (κ3) is 11.0. The van der Waals surface area contributed by atoms with Crippen LogP contribution in [-0.4, -0.2) is 22.7 Å². The highest BCUT2D eigenvalue weighted by Gasteiger charge is 2.29. The predicted molar refractivity (Wildman–Crippen MR) is 150 cm³/mol. The first-order valence-electron chi connectivity index (χ1n) is 12.9. The van der Waals surface area contributed by atoms with Crippen molar-refractivity contribution in [1.29, 1.82) is 0 Å². The third-order valence-corrected chi connectivity index (χ3v) is 6.98. The molecule has 0 saturated heterocycles. The number of carbonyl (C=O) groups is 1. The van der Waals surface area contributed by atoms with Gasteiger partial charge in [-0.15, -0.1) is 11.8 Å². The SMILES string of the molecule is Nc1cccc(CSc2ccc(OCCCCCCCCc3ccc(C(F)(F)F)cc3)c(C=CC(=O)O)n2)c1. The smallest absolute Gasteiger partial charge is 0.416 e. The number of carboxylic acid groups (broad SMARTS) is 1. The summed E-state index contributed by atoms with van der Waals surface area (Å²) in [5, 5.41) is 9.79. The first-order chi connectivity index (χ1) is 18.7. The van der Waals surface area contributed by atoms with Crippen molar-refractivity contribution in [2.75, 3.05) is 12.3 Å². The fraction of sp³-hybridized carbons (Fsp3) is 0.333. The van der Waals surface area contributed by atoms with Crippen LogP contribution in [-0.2, 0) is 23.1 Å². The van der Waals surface area contributed by atoms with Gasteiger partial charge in [-0.25, -0.2) is 9.78 Å². The summed E-state index contributed by atoms with van der Waals surface area (Å²) < 4.78 is 43.9. The second-order valence-corrected chi connectivity index (χ2v) is 10.1. The monoisotopic (exact) mass is 558 g/mol. The summed E-state index contributed by atoms with van der Waals surface area (Å²) in [5.41, 5.74) is 8.40. The summed E-state index contributed by atoms with van der Waals surface area (Å²) in [5.74, 6) is 0.168. The molecule has 0 fully saturated rings. The van der Waals surface area contributed by atoms with Gasteiger partial charge in [0.2, 0.25) is 0 Å². The number of rotatable bonds is 15. The lowest BCUT2D eigenvalue weighted by Gasteiger charge is -2.11. The molecular formula is C30H33F3N2O3S. The summed E-state index contributed by atoms with van der Waals surface area (Å²) in [6, 6.07) is 16.7. The van der Waals surface area contributed by atoms with Gasteiger partial charge in [-0.05, 0) is 72.9 Å². The summed E-state index contributed by atoms with van der Waals surface area (Å²) in [6.07, 6.45) is 4.86. The van der Waals surface area contributed by atoms with Crippen LogP contribution in [0.15, 0.2) is 71.8 Å². The van der Waals surface area contributed by atoms with Crippen LogP contribution < -0.4 is 10.5 Å². The summed E-state index contributed by atoms with van der Waals surface area (Å²) in [4.78, 5) is 15.6. The van der Waals surface area contributed by atoms with Gasteiger partial charge in [-0.2, -0.15) is 13.2 Å². The van der Waals surface area contributed by atoms with E-state index in [1.54, 1.807) is 12.1 Å². The van der Waals surface area contributed by atoms with E-state index in [4.69, 9.17) is 15.6 Å². The van der Waals surface area contributed by atoms with Crippen LogP contribution in [0.4, 0.5) is 18.9 Å². The van der Waals surface area contributed by atoms with Crippen LogP contribution in [0.1, 0.15) is 60.9 Å². The molecule has 3 aromatic rings. The van der Waals surface area contributed by atoms with Gasteiger partial charge in [-0.1, -0.05) is 49.9 Å². The van der Waals surface area contributed by atoms with E-state index < -0.39 is 17.7 Å². The van der Waals surface area contributed by atoms with Crippen LogP contribution in [0.3, 0.4) is 0 Å². The molecule has 0 atom stereocenters. The molecule has 3 N–H and O–H groups in total. The molecule has 0 saturated carbocycles. The van der Waals surface area contributed by atoms with Gasteiger partial charge in [0.1, 0.15) is 11.4 Å². The van der Waals surface area contributed by atoms with E-state index in [0.29, 0.717) is 29.5 Å². The minimum Gasteiger partial charge on any atom is -0.491 e. The van der Waals surface area contributed by atoms with E-state index in [1.807, 2.05) is 36.4 Å². The Balaban J connectivity index is 1.37. The van der Waals surface area contributed by atoms with Gasteiger partial charge >= 0.3 is 12.1 Å². The second-order valence-electron chi connectivity index (χ2n) is 9.15. The number of aromatic nitrogens is 1. The Morgan fingerprint density at radius 1 is 0.949 bits per heavy atom. The number of pyridine rings is 1. The van der Waals surface area contributed by atoms with Crippen molar-refractivity contribution in [3.8, 4) is 5.75 Å². The number of hydrogen-bond acceptors (Lipinski definition) is 5. The number of thioether (sulfide) groups is 1. The Labute approximate surface area is 231 Å². The molecule has 3 rings (SSSR count). The minimum atomic E-state index is -4.30. The zero-order valence-electron chi connectivity index (χ0n) is 21.6. The molecule has 1 heterocycles. The molecule has 1 aromatic heterocycles. The fourth-order valence-electron chi connectivity index (χ4n) is 3.94. The van der Waals surface area contributed by atoms with Gasteiger partial charge in [-0.3, -0.25) is 0 Å². The van der Waals surface area contributed by atoms with Gasteiger partial charge in [0.15, 0.2) is 0 Å². The average molecular weight is 559 g/mol. The standard InChI is InChI=1S/C30H33F3N2O3S/c31-30(32,33)24-13-11-22(12-14-24)8-5-3-1-2-4-6-19-38-27-16-17-28(35-26(27)15-18-29(36)37)39-21-23-9-7-10-25(34)20-23/h7,9-18,20H,1-6,8,19,21,34H2,(H,36,37). The highest BCUT2D eigenvalue weighted by atomic mass is 32.2.